The van der Waals surface area contributed by atoms with Gasteiger partial charge in [0.15, 0.2) is 10.9 Å². The Hall–Kier alpha value is -2.35. The summed E-state index contributed by atoms with van der Waals surface area (Å²) in [5, 5.41) is 1.43. The first-order chi connectivity index (χ1) is 15.4. The van der Waals surface area contributed by atoms with Crippen LogP contribution in [0.15, 0.2) is 46.9 Å². The summed E-state index contributed by atoms with van der Waals surface area (Å²) in [5.74, 6) is 0.199. The Balaban J connectivity index is 1.57. The first kappa shape index (κ1) is 22.8. The summed E-state index contributed by atoms with van der Waals surface area (Å²) in [4.78, 5) is 30.7. The lowest BCUT2D eigenvalue weighted by Gasteiger charge is -2.15. The Kier molecular flexibility index (Phi) is 6.88. The number of hydrogen-bond donors (Lipinski definition) is 0. The lowest BCUT2D eigenvalue weighted by Crippen LogP contribution is -2.23. The highest BCUT2D eigenvalue weighted by molar-refractivity contribution is 7.99. The van der Waals surface area contributed by atoms with Gasteiger partial charge in [-0.3, -0.25) is 14.2 Å². The van der Waals surface area contributed by atoms with Crippen LogP contribution < -0.4 is 5.56 Å². The van der Waals surface area contributed by atoms with Crippen LogP contribution in [0.5, 0.6) is 0 Å². The lowest BCUT2D eigenvalue weighted by atomic mass is 10.2. The lowest BCUT2D eigenvalue weighted by molar-refractivity contribution is 0.0957. The van der Waals surface area contributed by atoms with E-state index in [2.05, 4.69) is 16.1 Å². The second kappa shape index (κ2) is 9.65. The van der Waals surface area contributed by atoms with E-state index in [9.17, 15) is 9.59 Å². The van der Waals surface area contributed by atoms with Gasteiger partial charge in [-0.1, -0.05) is 29.4 Å². The van der Waals surface area contributed by atoms with Gasteiger partial charge in [-0.25, -0.2) is 4.98 Å². The maximum atomic E-state index is 13.1. The third-order valence-electron chi connectivity index (χ3n) is 5.81. The molecule has 0 saturated carbocycles. The van der Waals surface area contributed by atoms with Crippen molar-refractivity contribution in [2.45, 2.75) is 51.0 Å². The molecule has 0 radical (unpaired) electrons. The number of halogens is 1. The molecular formula is C24H26ClN3O3S. The van der Waals surface area contributed by atoms with E-state index in [0.29, 0.717) is 33.2 Å². The number of fused-ring (bicyclic) bond motifs is 1. The van der Waals surface area contributed by atoms with Gasteiger partial charge >= 0.3 is 0 Å². The topological polar surface area (TPSA) is 66.1 Å². The number of ketones is 1. The number of aryl methyl sites for hydroxylation is 1. The first-order valence-corrected chi connectivity index (χ1v) is 12.0. The highest BCUT2D eigenvalue weighted by Gasteiger charge is 2.22. The predicted octanol–water partition coefficient (Wildman–Crippen LogP) is 4.81. The monoisotopic (exact) mass is 471 g/mol. The third-order valence-corrected chi connectivity index (χ3v) is 7.02. The number of allylic oxidation sites excluding steroid dienone is 1. The van der Waals surface area contributed by atoms with Crippen LogP contribution in [0.25, 0.3) is 10.9 Å². The Bertz CT molecular complexity index is 1240. The minimum atomic E-state index is -0.193. The molecule has 1 fully saturated rings. The Morgan fingerprint density at radius 2 is 2.16 bits per heavy atom. The number of carbonyl (C=O) groups excluding carboxylic acids is 1. The van der Waals surface area contributed by atoms with Crippen LogP contribution in [-0.4, -0.2) is 38.4 Å². The van der Waals surface area contributed by atoms with E-state index < -0.39 is 0 Å². The van der Waals surface area contributed by atoms with Crippen LogP contribution in [0.4, 0.5) is 0 Å². The number of rotatable bonds is 8. The molecule has 0 amide bonds. The normalized spacial score (nSPS) is 16.0. The van der Waals surface area contributed by atoms with Gasteiger partial charge in [-0.2, -0.15) is 0 Å². The zero-order chi connectivity index (χ0) is 22.8. The van der Waals surface area contributed by atoms with Crippen molar-refractivity contribution in [3.05, 3.63) is 69.2 Å². The largest absolute Gasteiger partial charge is 0.376 e. The minimum absolute atomic E-state index is 0.0114. The van der Waals surface area contributed by atoms with Crippen molar-refractivity contribution in [1.82, 2.24) is 14.1 Å². The molecule has 0 N–H and O–H groups in total. The quantitative estimate of drug-likeness (QED) is 0.204. The minimum Gasteiger partial charge on any atom is -0.376 e. The Morgan fingerprint density at radius 1 is 1.34 bits per heavy atom. The summed E-state index contributed by atoms with van der Waals surface area (Å²) in [6, 6.07) is 6.99. The van der Waals surface area contributed by atoms with Crippen LogP contribution in [0, 0.1) is 13.8 Å². The fraction of sp³-hybridized carbons (Fsp3) is 0.375. The number of nitrogens with zero attached hydrogens (tertiary/aromatic N) is 3. The standard InChI is InChI=1S/C24H26ClN3O3S/c1-4-9-27-23(30)20-12-17(25)7-8-21(20)26-24(27)32-14-22(29)19-11-15(2)28(16(19)3)13-18-6-5-10-31-18/h4,7-8,11-12,18H,1,5-6,9-10,13-14H2,2-3H3. The van der Waals surface area contributed by atoms with Gasteiger partial charge in [0.2, 0.25) is 0 Å². The SMILES string of the molecule is C=CCn1c(SCC(=O)c2cc(C)n(CC3CCCO3)c2C)nc2ccc(Cl)cc2c1=O. The summed E-state index contributed by atoms with van der Waals surface area (Å²) >= 11 is 7.33. The molecule has 3 aromatic rings. The number of benzene rings is 1. The summed E-state index contributed by atoms with van der Waals surface area (Å²) in [6.07, 6.45) is 3.99. The van der Waals surface area contributed by atoms with Crippen LogP contribution in [0.3, 0.4) is 0 Å². The molecule has 3 heterocycles. The summed E-state index contributed by atoms with van der Waals surface area (Å²) in [7, 11) is 0. The fourth-order valence-electron chi connectivity index (χ4n) is 4.14. The van der Waals surface area contributed by atoms with Crippen molar-refractivity contribution >= 4 is 40.0 Å². The maximum Gasteiger partial charge on any atom is 0.262 e. The number of thioether (sulfide) groups is 1. The summed E-state index contributed by atoms with van der Waals surface area (Å²) in [6.45, 7) is 9.62. The molecule has 2 aromatic heterocycles. The second-order valence-corrected chi connectivity index (χ2v) is 9.38. The van der Waals surface area contributed by atoms with Gasteiger partial charge in [-0.15, -0.1) is 6.58 Å². The van der Waals surface area contributed by atoms with E-state index in [1.54, 1.807) is 24.3 Å². The van der Waals surface area contributed by atoms with Crippen molar-refractivity contribution in [1.29, 1.82) is 0 Å². The smallest absolute Gasteiger partial charge is 0.262 e. The highest BCUT2D eigenvalue weighted by Crippen LogP contribution is 2.24. The van der Waals surface area contributed by atoms with Crippen LogP contribution in [0.2, 0.25) is 5.02 Å². The number of Topliss-reactive ketones (excluding diaryl/α,β-unsaturated/α-hetero) is 1. The number of aromatic nitrogens is 3. The molecule has 4 rings (SSSR count). The molecule has 1 aliphatic rings. The molecule has 8 heteroatoms. The van der Waals surface area contributed by atoms with Crippen molar-refractivity contribution in [3.8, 4) is 0 Å². The van der Waals surface area contributed by atoms with Gasteiger partial charge in [0.25, 0.3) is 5.56 Å². The number of ether oxygens (including phenoxy) is 1. The maximum absolute atomic E-state index is 13.1. The average molecular weight is 472 g/mol. The molecule has 1 aromatic carbocycles. The van der Waals surface area contributed by atoms with E-state index in [1.165, 1.54) is 16.3 Å². The molecular weight excluding hydrogens is 446 g/mol. The summed E-state index contributed by atoms with van der Waals surface area (Å²) < 4.78 is 9.46. The van der Waals surface area contributed by atoms with E-state index >= 15 is 0 Å². The number of hydrogen-bond acceptors (Lipinski definition) is 5. The predicted molar refractivity (Wildman–Crippen MR) is 129 cm³/mol. The van der Waals surface area contributed by atoms with Gasteiger partial charge in [0.1, 0.15) is 0 Å². The van der Waals surface area contributed by atoms with E-state index in [1.807, 2.05) is 19.9 Å². The molecule has 0 bridgehead atoms. The van der Waals surface area contributed by atoms with Crippen LogP contribution >= 0.6 is 23.4 Å². The van der Waals surface area contributed by atoms with E-state index in [-0.39, 0.29) is 23.2 Å². The van der Waals surface area contributed by atoms with Crippen molar-refractivity contribution < 1.29 is 9.53 Å². The first-order valence-electron chi connectivity index (χ1n) is 10.6. The van der Waals surface area contributed by atoms with Gasteiger partial charge < -0.3 is 9.30 Å². The molecule has 1 aliphatic heterocycles. The van der Waals surface area contributed by atoms with E-state index in [4.69, 9.17) is 16.3 Å². The van der Waals surface area contributed by atoms with Gasteiger partial charge in [0.05, 0.1) is 22.8 Å². The van der Waals surface area contributed by atoms with Crippen molar-refractivity contribution in [2.75, 3.05) is 12.4 Å². The van der Waals surface area contributed by atoms with Gasteiger partial charge in [-0.05, 0) is 51.0 Å². The summed E-state index contributed by atoms with van der Waals surface area (Å²) in [5.41, 5.74) is 3.08. The molecule has 1 saturated heterocycles. The zero-order valence-corrected chi connectivity index (χ0v) is 19.8. The zero-order valence-electron chi connectivity index (χ0n) is 18.3. The van der Waals surface area contributed by atoms with Gasteiger partial charge in [0, 0.05) is 41.7 Å². The van der Waals surface area contributed by atoms with Crippen LogP contribution in [-0.2, 0) is 17.8 Å². The molecule has 0 aliphatic carbocycles. The van der Waals surface area contributed by atoms with Crippen molar-refractivity contribution in [3.63, 3.8) is 0 Å². The molecule has 0 spiro atoms. The van der Waals surface area contributed by atoms with Crippen molar-refractivity contribution in [2.24, 2.45) is 0 Å². The van der Waals surface area contributed by atoms with E-state index in [0.717, 1.165) is 37.4 Å². The molecule has 168 valence electrons. The molecule has 6 nitrogen and oxygen atoms in total. The average Bonchev–Trinajstić information content (AvgIpc) is 3.38. The van der Waals surface area contributed by atoms with Crippen LogP contribution in [0.1, 0.15) is 34.6 Å². The Morgan fingerprint density at radius 3 is 2.88 bits per heavy atom. The number of carbonyl (C=O) groups is 1. The second-order valence-electron chi connectivity index (χ2n) is 8.00. The fourth-order valence-corrected chi connectivity index (χ4v) is 5.20. The molecule has 1 unspecified atom stereocenters. The third kappa shape index (κ3) is 4.56. The molecule has 1 atom stereocenters. The molecule has 32 heavy (non-hydrogen) atoms. The Labute approximate surface area is 196 Å². The highest BCUT2D eigenvalue weighted by atomic mass is 35.5.